The summed E-state index contributed by atoms with van der Waals surface area (Å²) in [6.07, 6.45) is 1.66. The first-order valence-corrected chi connectivity index (χ1v) is 8.91. The lowest BCUT2D eigenvalue weighted by Crippen LogP contribution is -2.31. The summed E-state index contributed by atoms with van der Waals surface area (Å²) >= 11 is 0. The Kier molecular flexibility index (Phi) is 5.89. The minimum Gasteiger partial charge on any atom is -0.497 e. The van der Waals surface area contributed by atoms with Crippen LogP contribution in [0, 0.1) is 5.92 Å². The maximum atomic E-state index is 12.3. The van der Waals surface area contributed by atoms with E-state index in [0.29, 0.717) is 25.9 Å². The molecule has 5 heteroatoms. The number of hydrogen-bond donors (Lipinski definition) is 1. The summed E-state index contributed by atoms with van der Waals surface area (Å²) in [6, 6.07) is 17.4. The molecule has 1 saturated heterocycles. The van der Waals surface area contributed by atoms with Gasteiger partial charge in [-0.05, 0) is 36.2 Å². The van der Waals surface area contributed by atoms with E-state index in [4.69, 9.17) is 4.74 Å². The van der Waals surface area contributed by atoms with Gasteiger partial charge in [-0.15, -0.1) is 0 Å². The van der Waals surface area contributed by atoms with Crippen molar-refractivity contribution in [1.29, 1.82) is 0 Å². The van der Waals surface area contributed by atoms with E-state index in [1.54, 1.807) is 12.0 Å². The topological polar surface area (TPSA) is 58.6 Å². The Labute approximate surface area is 154 Å². The van der Waals surface area contributed by atoms with Crippen molar-refractivity contribution in [2.45, 2.75) is 19.3 Å². The van der Waals surface area contributed by atoms with Crippen molar-refractivity contribution in [2.24, 2.45) is 5.92 Å². The molecule has 0 bridgehead atoms. The first-order chi connectivity index (χ1) is 12.7. The maximum Gasteiger partial charge on any atom is 0.227 e. The Bertz CT molecular complexity index is 744. The molecular formula is C21H24N2O3. The van der Waals surface area contributed by atoms with Crippen LogP contribution in [0.4, 0.5) is 5.69 Å². The molecule has 1 atom stereocenters. The molecule has 1 N–H and O–H groups in total. The SMILES string of the molecule is COc1ccc(N2C[C@@H](CNC(=O)CCc3ccccc3)CC2=O)cc1. The molecule has 136 valence electrons. The van der Waals surface area contributed by atoms with Crippen molar-refractivity contribution in [3.8, 4) is 5.75 Å². The second kappa shape index (κ2) is 8.52. The van der Waals surface area contributed by atoms with Crippen LogP contribution >= 0.6 is 0 Å². The quantitative estimate of drug-likeness (QED) is 0.834. The molecule has 0 radical (unpaired) electrons. The normalized spacial score (nSPS) is 16.6. The molecule has 26 heavy (non-hydrogen) atoms. The number of nitrogens with one attached hydrogen (secondary N) is 1. The highest BCUT2D eigenvalue weighted by Crippen LogP contribution is 2.26. The standard InChI is InChI=1S/C21H24N2O3/c1-26-19-10-8-18(9-11-19)23-15-17(13-21(23)25)14-22-20(24)12-7-16-5-3-2-4-6-16/h2-6,8-11,17H,7,12-15H2,1H3,(H,22,24)/t17-/m1/s1. The molecule has 0 spiro atoms. The van der Waals surface area contributed by atoms with Gasteiger partial charge in [-0.1, -0.05) is 30.3 Å². The summed E-state index contributed by atoms with van der Waals surface area (Å²) in [5.74, 6) is 1.04. The van der Waals surface area contributed by atoms with E-state index in [9.17, 15) is 9.59 Å². The van der Waals surface area contributed by atoms with Crippen molar-refractivity contribution in [3.63, 3.8) is 0 Å². The number of hydrogen-bond acceptors (Lipinski definition) is 3. The molecule has 3 rings (SSSR count). The molecule has 1 fully saturated rings. The van der Waals surface area contributed by atoms with Gasteiger partial charge in [-0.25, -0.2) is 0 Å². The number of carbonyl (C=O) groups is 2. The largest absolute Gasteiger partial charge is 0.497 e. The van der Waals surface area contributed by atoms with Gasteiger partial charge in [0.25, 0.3) is 0 Å². The molecule has 2 aromatic carbocycles. The first kappa shape index (κ1) is 18.0. The minimum absolute atomic E-state index is 0.0317. The molecule has 0 unspecified atom stereocenters. The number of ether oxygens (including phenoxy) is 1. The molecule has 1 heterocycles. The average Bonchev–Trinajstić information content (AvgIpc) is 3.06. The van der Waals surface area contributed by atoms with E-state index in [2.05, 4.69) is 5.32 Å². The summed E-state index contributed by atoms with van der Waals surface area (Å²) < 4.78 is 5.15. The summed E-state index contributed by atoms with van der Waals surface area (Å²) in [5, 5.41) is 2.97. The summed E-state index contributed by atoms with van der Waals surface area (Å²) in [5.41, 5.74) is 2.03. The van der Waals surface area contributed by atoms with Crippen LogP contribution in [0.1, 0.15) is 18.4 Å². The first-order valence-electron chi connectivity index (χ1n) is 8.91. The smallest absolute Gasteiger partial charge is 0.227 e. The third-order valence-corrected chi connectivity index (χ3v) is 4.66. The molecule has 2 amide bonds. The lowest BCUT2D eigenvalue weighted by Gasteiger charge is -2.17. The molecule has 1 aliphatic heterocycles. The van der Waals surface area contributed by atoms with E-state index in [1.807, 2.05) is 54.6 Å². The van der Waals surface area contributed by atoms with E-state index in [1.165, 1.54) is 0 Å². The van der Waals surface area contributed by atoms with E-state index < -0.39 is 0 Å². The molecule has 0 saturated carbocycles. The van der Waals surface area contributed by atoms with Gasteiger partial charge in [0.1, 0.15) is 5.75 Å². The van der Waals surface area contributed by atoms with Crippen molar-refractivity contribution < 1.29 is 14.3 Å². The molecule has 0 aromatic heterocycles. The fraction of sp³-hybridized carbons (Fsp3) is 0.333. The Morgan fingerprint density at radius 2 is 1.88 bits per heavy atom. The number of amides is 2. The Balaban J connectivity index is 1.45. The zero-order valence-electron chi connectivity index (χ0n) is 15.0. The van der Waals surface area contributed by atoms with Crippen LogP contribution in [0.25, 0.3) is 0 Å². The fourth-order valence-electron chi connectivity index (χ4n) is 3.18. The van der Waals surface area contributed by atoms with Crippen molar-refractivity contribution in [3.05, 3.63) is 60.2 Å². The summed E-state index contributed by atoms with van der Waals surface area (Å²) in [7, 11) is 1.62. The van der Waals surface area contributed by atoms with Crippen LogP contribution in [0.5, 0.6) is 5.75 Å². The minimum atomic E-state index is 0.0317. The summed E-state index contributed by atoms with van der Waals surface area (Å²) in [6.45, 7) is 1.16. The number of benzene rings is 2. The van der Waals surface area contributed by atoms with Gasteiger partial charge in [-0.2, -0.15) is 0 Å². The van der Waals surface area contributed by atoms with Crippen molar-refractivity contribution in [2.75, 3.05) is 25.1 Å². The van der Waals surface area contributed by atoms with E-state index in [0.717, 1.165) is 23.4 Å². The van der Waals surface area contributed by atoms with Gasteiger partial charge in [0, 0.05) is 37.5 Å². The summed E-state index contributed by atoms with van der Waals surface area (Å²) in [4.78, 5) is 26.1. The van der Waals surface area contributed by atoms with E-state index in [-0.39, 0.29) is 17.7 Å². The van der Waals surface area contributed by atoms with Gasteiger partial charge in [0.15, 0.2) is 0 Å². The number of methoxy groups -OCH3 is 1. The van der Waals surface area contributed by atoms with E-state index >= 15 is 0 Å². The number of anilines is 1. The second-order valence-electron chi connectivity index (χ2n) is 6.56. The van der Waals surface area contributed by atoms with Crippen LogP contribution in [0.3, 0.4) is 0 Å². The predicted octanol–water partition coefficient (Wildman–Crippen LogP) is 2.80. The van der Waals surface area contributed by atoms with Gasteiger partial charge < -0.3 is 15.0 Å². The van der Waals surface area contributed by atoms with Gasteiger partial charge in [0.2, 0.25) is 11.8 Å². The van der Waals surface area contributed by atoms with Crippen LogP contribution in [0.2, 0.25) is 0 Å². The van der Waals surface area contributed by atoms with Gasteiger partial charge >= 0.3 is 0 Å². The lowest BCUT2D eigenvalue weighted by atomic mass is 10.1. The third kappa shape index (κ3) is 4.63. The predicted molar refractivity (Wildman–Crippen MR) is 101 cm³/mol. The van der Waals surface area contributed by atoms with Crippen LogP contribution < -0.4 is 15.0 Å². The monoisotopic (exact) mass is 352 g/mol. The van der Waals surface area contributed by atoms with Crippen LogP contribution in [0.15, 0.2) is 54.6 Å². The fourth-order valence-corrected chi connectivity index (χ4v) is 3.18. The zero-order valence-corrected chi connectivity index (χ0v) is 15.0. The number of carbonyl (C=O) groups excluding carboxylic acids is 2. The van der Waals surface area contributed by atoms with Gasteiger partial charge in [-0.3, -0.25) is 9.59 Å². The Morgan fingerprint density at radius 1 is 1.15 bits per heavy atom. The highest BCUT2D eigenvalue weighted by Gasteiger charge is 2.30. The number of aryl methyl sites for hydroxylation is 1. The third-order valence-electron chi connectivity index (χ3n) is 4.66. The molecular weight excluding hydrogens is 328 g/mol. The maximum absolute atomic E-state index is 12.3. The van der Waals surface area contributed by atoms with Crippen molar-refractivity contribution >= 4 is 17.5 Å². The Hall–Kier alpha value is -2.82. The van der Waals surface area contributed by atoms with Gasteiger partial charge in [0.05, 0.1) is 7.11 Å². The highest BCUT2D eigenvalue weighted by molar-refractivity contribution is 5.95. The van der Waals surface area contributed by atoms with Crippen LogP contribution in [-0.2, 0) is 16.0 Å². The van der Waals surface area contributed by atoms with Crippen molar-refractivity contribution in [1.82, 2.24) is 5.32 Å². The highest BCUT2D eigenvalue weighted by atomic mass is 16.5. The Morgan fingerprint density at radius 3 is 2.58 bits per heavy atom. The average molecular weight is 352 g/mol. The molecule has 5 nitrogen and oxygen atoms in total. The molecule has 2 aromatic rings. The molecule has 1 aliphatic rings. The number of rotatable bonds is 7. The zero-order chi connectivity index (χ0) is 18.4. The van der Waals surface area contributed by atoms with Crippen LogP contribution in [-0.4, -0.2) is 32.0 Å². The second-order valence-corrected chi connectivity index (χ2v) is 6.56. The lowest BCUT2D eigenvalue weighted by molar-refractivity contribution is -0.121. The number of nitrogens with zero attached hydrogens (tertiary/aromatic N) is 1. The molecule has 0 aliphatic carbocycles.